The van der Waals surface area contributed by atoms with E-state index in [-0.39, 0.29) is 6.61 Å². The van der Waals surface area contributed by atoms with E-state index in [4.69, 9.17) is 4.74 Å². The molecule has 2 rings (SSSR count). The van der Waals surface area contributed by atoms with Gasteiger partial charge in [-0.25, -0.2) is 12.8 Å². The van der Waals surface area contributed by atoms with Crippen molar-refractivity contribution in [3.8, 4) is 6.07 Å². The van der Waals surface area contributed by atoms with E-state index >= 15 is 0 Å². The highest BCUT2D eigenvalue weighted by molar-refractivity contribution is 7.91. The topological polar surface area (TPSA) is 67.2 Å². The van der Waals surface area contributed by atoms with Crippen molar-refractivity contribution in [1.29, 1.82) is 5.26 Å². The van der Waals surface area contributed by atoms with Crippen molar-refractivity contribution < 1.29 is 17.5 Å². The fourth-order valence-electron chi connectivity index (χ4n) is 2.81. The van der Waals surface area contributed by atoms with Crippen LogP contribution in [0.2, 0.25) is 0 Å². The lowest BCUT2D eigenvalue weighted by atomic mass is 10.0. The normalized spacial score (nSPS) is 28.9. The number of nitriles is 1. The summed E-state index contributed by atoms with van der Waals surface area (Å²) < 4.78 is 42.4. The molecule has 1 aromatic carbocycles. The lowest BCUT2D eigenvalue weighted by Crippen LogP contribution is -2.18. The maximum absolute atomic E-state index is 13.3. The molecule has 0 N–H and O–H groups in total. The molecule has 3 atom stereocenters. The second kappa shape index (κ2) is 5.15. The van der Waals surface area contributed by atoms with Gasteiger partial charge in [0.05, 0.1) is 17.9 Å². The molecule has 1 aromatic rings. The van der Waals surface area contributed by atoms with Gasteiger partial charge in [-0.2, -0.15) is 5.26 Å². The van der Waals surface area contributed by atoms with Crippen molar-refractivity contribution in [1.82, 2.24) is 0 Å². The van der Waals surface area contributed by atoms with Crippen LogP contribution in [0.25, 0.3) is 0 Å². The SMILES string of the molecule is CCOC[C@@]1(C#N)[C@H](c2cccc(F)c2)[C@@H]1S(C)(=O)=O. The Balaban J connectivity index is 2.43. The lowest BCUT2D eigenvalue weighted by molar-refractivity contribution is 0.117. The van der Waals surface area contributed by atoms with E-state index in [1.807, 2.05) is 0 Å². The van der Waals surface area contributed by atoms with Gasteiger partial charge in [0, 0.05) is 18.8 Å². The molecule has 1 fully saturated rings. The zero-order valence-corrected chi connectivity index (χ0v) is 12.2. The predicted molar refractivity (Wildman–Crippen MR) is 72.3 cm³/mol. The summed E-state index contributed by atoms with van der Waals surface area (Å²) in [6, 6.07) is 7.83. The zero-order valence-electron chi connectivity index (χ0n) is 11.3. The molecule has 0 bridgehead atoms. The van der Waals surface area contributed by atoms with Gasteiger partial charge in [0.15, 0.2) is 9.84 Å². The van der Waals surface area contributed by atoms with E-state index in [9.17, 15) is 18.1 Å². The van der Waals surface area contributed by atoms with Crippen molar-refractivity contribution in [2.24, 2.45) is 5.41 Å². The molecule has 0 spiro atoms. The number of benzene rings is 1. The third-order valence-electron chi connectivity index (χ3n) is 3.68. The van der Waals surface area contributed by atoms with Gasteiger partial charge in [-0.3, -0.25) is 0 Å². The van der Waals surface area contributed by atoms with Gasteiger partial charge in [0.25, 0.3) is 0 Å². The summed E-state index contributed by atoms with van der Waals surface area (Å²) in [7, 11) is -3.41. The van der Waals surface area contributed by atoms with Gasteiger partial charge < -0.3 is 4.74 Å². The van der Waals surface area contributed by atoms with Crippen molar-refractivity contribution in [3.05, 3.63) is 35.6 Å². The van der Waals surface area contributed by atoms with Crippen LogP contribution in [-0.2, 0) is 14.6 Å². The Kier molecular flexibility index (Phi) is 3.85. The molecule has 0 heterocycles. The fraction of sp³-hybridized carbons (Fsp3) is 0.500. The van der Waals surface area contributed by atoms with Gasteiger partial charge in [-0.1, -0.05) is 12.1 Å². The van der Waals surface area contributed by atoms with Crippen molar-refractivity contribution in [2.45, 2.75) is 18.1 Å². The molecule has 108 valence electrons. The number of rotatable bonds is 5. The number of ether oxygens (including phenoxy) is 1. The molecule has 1 aliphatic rings. The minimum absolute atomic E-state index is 0.0406. The van der Waals surface area contributed by atoms with Crippen LogP contribution in [-0.4, -0.2) is 33.1 Å². The van der Waals surface area contributed by atoms with Crippen LogP contribution in [0, 0.1) is 22.6 Å². The first kappa shape index (κ1) is 14.9. The molecule has 0 aromatic heterocycles. The highest BCUT2D eigenvalue weighted by Gasteiger charge is 2.71. The minimum atomic E-state index is -3.41. The van der Waals surface area contributed by atoms with Crippen molar-refractivity contribution in [3.63, 3.8) is 0 Å². The Morgan fingerprint density at radius 2 is 2.20 bits per heavy atom. The van der Waals surface area contributed by atoms with Gasteiger partial charge in [0.2, 0.25) is 0 Å². The third-order valence-corrected chi connectivity index (χ3v) is 5.29. The van der Waals surface area contributed by atoms with Crippen LogP contribution in [0.4, 0.5) is 4.39 Å². The maximum atomic E-state index is 13.3. The molecule has 0 aliphatic heterocycles. The van der Waals surface area contributed by atoms with Crippen LogP contribution in [0.3, 0.4) is 0 Å². The van der Waals surface area contributed by atoms with E-state index in [2.05, 4.69) is 6.07 Å². The highest BCUT2D eigenvalue weighted by Crippen LogP contribution is 2.62. The summed E-state index contributed by atoms with van der Waals surface area (Å²) in [5.74, 6) is -0.977. The monoisotopic (exact) mass is 297 g/mol. The first-order valence-electron chi connectivity index (χ1n) is 6.30. The Labute approximate surface area is 118 Å². The van der Waals surface area contributed by atoms with E-state index in [0.717, 1.165) is 6.26 Å². The Morgan fingerprint density at radius 1 is 1.50 bits per heavy atom. The minimum Gasteiger partial charge on any atom is -0.380 e. The quantitative estimate of drug-likeness (QED) is 0.832. The van der Waals surface area contributed by atoms with Gasteiger partial charge >= 0.3 is 0 Å². The number of hydrogen-bond donors (Lipinski definition) is 0. The smallest absolute Gasteiger partial charge is 0.152 e. The zero-order chi connectivity index (χ0) is 15.0. The van der Waals surface area contributed by atoms with E-state index in [0.29, 0.717) is 12.2 Å². The number of nitrogens with zero attached hydrogens (tertiary/aromatic N) is 1. The van der Waals surface area contributed by atoms with Gasteiger partial charge in [-0.05, 0) is 24.6 Å². The van der Waals surface area contributed by atoms with Crippen molar-refractivity contribution in [2.75, 3.05) is 19.5 Å². The molecule has 1 aliphatic carbocycles. The summed E-state index contributed by atoms with van der Waals surface area (Å²) in [4.78, 5) is 0. The number of halogens is 1. The first-order valence-corrected chi connectivity index (χ1v) is 8.25. The molecule has 0 amide bonds. The summed E-state index contributed by atoms with van der Waals surface area (Å²) >= 11 is 0. The molecule has 0 unspecified atom stereocenters. The van der Waals surface area contributed by atoms with Crippen LogP contribution >= 0.6 is 0 Å². The lowest BCUT2D eigenvalue weighted by Gasteiger charge is -2.08. The molecule has 6 heteroatoms. The van der Waals surface area contributed by atoms with Crippen molar-refractivity contribution >= 4 is 9.84 Å². The molecule has 1 saturated carbocycles. The average molecular weight is 297 g/mol. The molecule has 20 heavy (non-hydrogen) atoms. The van der Waals surface area contributed by atoms with Crippen LogP contribution < -0.4 is 0 Å². The summed E-state index contributed by atoms with van der Waals surface area (Å²) in [6.45, 7) is 2.22. The number of hydrogen-bond acceptors (Lipinski definition) is 4. The maximum Gasteiger partial charge on any atom is 0.152 e. The third kappa shape index (κ3) is 2.43. The van der Waals surface area contributed by atoms with Crippen LogP contribution in [0.15, 0.2) is 24.3 Å². The second-order valence-electron chi connectivity index (χ2n) is 5.07. The summed E-state index contributed by atoms with van der Waals surface area (Å²) in [6.07, 6.45) is 1.11. The fourth-order valence-corrected chi connectivity index (χ4v) is 4.66. The van der Waals surface area contributed by atoms with E-state index < -0.39 is 32.2 Å². The molecule has 0 saturated heterocycles. The van der Waals surface area contributed by atoms with Gasteiger partial charge in [-0.15, -0.1) is 0 Å². The largest absolute Gasteiger partial charge is 0.380 e. The van der Waals surface area contributed by atoms with Crippen LogP contribution in [0.5, 0.6) is 0 Å². The van der Waals surface area contributed by atoms with E-state index in [1.165, 1.54) is 18.2 Å². The second-order valence-corrected chi connectivity index (χ2v) is 7.24. The average Bonchev–Trinajstić information content (AvgIpc) is 3.06. The number of sulfone groups is 1. The Hall–Kier alpha value is -1.45. The molecular formula is C14H16FNO3S. The first-order chi connectivity index (χ1) is 9.36. The Bertz CT molecular complexity index is 653. The standard InChI is InChI=1S/C14H16FNO3S/c1-3-19-9-14(8-16)12(13(14)20(2,17)18)10-5-4-6-11(15)7-10/h4-7,12-13H,3,9H2,1-2H3/t12-,13+,14+/m1/s1. The highest BCUT2D eigenvalue weighted by atomic mass is 32.2. The van der Waals surface area contributed by atoms with Gasteiger partial charge in [0.1, 0.15) is 11.2 Å². The molecule has 4 nitrogen and oxygen atoms in total. The molecular weight excluding hydrogens is 281 g/mol. The molecule has 0 radical (unpaired) electrons. The summed E-state index contributed by atoms with van der Waals surface area (Å²) in [5, 5.41) is 8.59. The Morgan fingerprint density at radius 3 is 2.70 bits per heavy atom. The summed E-state index contributed by atoms with van der Waals surface area (Å²) in [5.41, 5.74) is -0.584. The van der Waals surface area contributed by atoms with Crippen LogP contribution in [0.1, 0.15) is 18.4 Å². The van der Waals surface area contributed by atoms with E-state index in [1.54, 1.807) is 13.0 Å². The predicted octanol–water partition coefficient (Wildman–Crippen LogP) is 1.88.